The maximum absolute atomic E-state index is 15.2. The van der Waals surface area contributed by atoms with E-state index in [2.05, 4.69) is 5.48 Å². The van der Waals surface area contributed by atoms with Gasteiger partial charge in [-0.05, 0) is 35.6 Å². The number of amides is 1. The molecule has 2 heterocycles. The van der Waals surface area contributed by atoms with E-state index in [0.29, 0.717) is 23.3 Å². The molecular weight excluding hydrogens is 534 g/mol. The molecule has 0 aromatic heterocycles. The molecule has 2 aliphatic rings. The molecule has 1 saturated heterocycles. The zero-order chi connectivity index (χ0) is 25.6. The van der Waals surface area contributed by atoms with E-state index in [9.17, 15) is 22.4 Å². The molecule has 1 atom stereocenters. The standard InChI is InChI=1S/C23H19Cl2F5N2O2S/c1-35-7-6-19(33)32-11-21(27,12-32)14-4-2-13(3-5-14)18-10-22(34-31-18,23(28,29)30)15-8-16(24)20(26)17(25)9-15/h2-5,8-10,31H,6-7,11-12H2,1H3. The number of carbonyl (C=O) groups excluding carboxylic acids is 1. The first-order chi connectivity index (χ1) is 16.4. The maximum atomic E-state index is 15.2. The molecule has 2 aromatic rings. The number of hydrogen-bond acceptors (Lipinski definition) is 4. The summed E-state index contributed by atoms with van der Waals surface area (Å²) in [5.74, 6) is -0.504. The van der Waals surface area contributed by atoms with Gasteiger partial charge in [-0.2, -0.15) is 24.9 Å². The lowest BCUT2D eigenvalue weighted by molar-refractivity contribution is -0.269. The van der Waals surface area contributed by atoms with Gasteiger partial charge < -0.3 is 4.90 Å². The highest BCUT2D eigenvalue weighted by Crippen LogP contribution is 2.48. The largest absolute Gasteiger partial charge is 0.428 e. The van der Waals surface area contributed by atoms with E-state index in [4.69, 9.17) is 28.0 Å². The van der Waals surface area contributed by atoms with Gasteiger partial charge in [-0.15, -0.1) is 0 Å². The molecule has 0 radical (unpaired) electrons. The maximum Gasteiger partial charge on any atom is 0.428 e. The van der Waals surface area contributed by atoms with Gasteiger partial charge in [-0.25, -0.2) is 8.78 Å². The summed E-state index contributed by atoms with van der Waals surface area (Å²) in [6.07, 6.45) is -1.94. The second kappa shape index (κ2) is 9.46. The molecule has 2 aliphatic heterocycles. The van der Waals surface area contributed by atoms with Crippen LogP contribution < -0.4 is 5.48 Å². The van der Waals surface area contributed by atoms with Crippen molar-refractivity contribution in [1.82, 2.24) is 10.4 Å². The number of thioether (sulfide) groups is 1. The van der Waals surface area contributed by atoms with Crippen molar-refractivity contribution in [2.24, 2.45) is 0 Å². The third-order valence-electron chi connectivity index (χ3n) is 5.97. The SMILES string of the molecule is CSCCC(=O)N1CC(F)(c2ccc(C3=CC(c4cc(Cl)c(F)c(Cl)c4)(C(F)(F)F)ON3)cc2)C1. The lowest BCUT2D eigenvalue weighted by Gasteiger charge is -2.44. The number of halogens is 7. The van der Waals surface area contributed by atoms with Crippen LogP contribution in [0.4, 0.5) is 22.0 Å². The normalized spacial score (nSPS) is 21.4. The third kappa shape index (κ3) is 4.73. The highest BCUT2D eigenvalue weighted by molar-refractivity contribution is 7.98. The molecule has 35 heavy (non-hydrogen) atoms. The summed E-state index contributed by atoms with van der Waals surface area (Å²) in [5, 5.41) is -1.17. The van der Waals surface area contributed by atoms with Gasteiger partial charge in [0.2, 0.25) is 11.5 Å². The molecule has 188 valence electrons. The number of likely N-dealkylation sites (tertiary alicyclic amines) is 1. The fourth-order valence-electron chi connectivity index (χ4n) is 3.97. The minimum Gasteiger partial charge on any atom is -0.335 e. The van der Waals surface area contributed by atoms with Gasteiger partial charge in [0.25, 0.3) is 0 Å². The zero-order valence-corrected chi connectivity index (χ0v) is 20.5. The Kier molecular flexibility index (Phi) is 7.04. The number of hydroxylamine groups is 1. The lowest BCUT2D eigenvalue weighted by atomic mass is 9.86. The van der Waals surface area contributed by atoms with Crippen molar-refractivity contribution in [2.45, 2.75) is 23.9 Å². The Morgan fingerprint density at radius 2 is 1.74 bits per heavy atom. The van der Waals surface area contributed by atoms with E-state index in [-0.39, 0.29) is 24.7 Å². The summed E-state index contributed by atoms with van der Waals surface area (Å²) in [5.41, 5.74) is -2.36. The summed E-state index contributed by atoms with van der Waals surface area (Å²) < 4.78 is 71.4. The van der Waals surface area contributed by atoms with Crippen molar-refractivity contribution in [1.29, 1.82) is 0 Å². The predicted molar refractivity (Wildman–Crippen MR) is 125 cm³/mol. The summed E-state index contributed by atoms with van der Waals surface area (Å²) in [7, 11) is 0. The van der Waals surface area contributed by atoms with E-state index in [1.807, 2.05) is 6.26 Å². The van der Waals surface area contributed by atoms with Crippen molar-refractivity contribution in [3.63, 3.8) is 0 Å². The Bertz CT molecular complexity index is 1150. The predicted octanol–water partition coefficient (Wildman–Crippen LogP) is 6.23. The Morgan fingerprint density at radius 3 is 2.29 bits per heavy atom. The molecule has 1 fully saturated rings. The highest BCUT2D eigenvalue weighted by Gasteiger charge is 2.60. The monoisotopic (exact) mass is 552 g/mol. The van der Waals surface area contributed by atoms with Crippen molar-refractivity contribution < 1.29 is 31.6 Å². The molecule has 1 N–H and O–H groups in total. The number of benzene rings is 2. The van der Waals surface area contributed by atoms with Gasteiger partial charge in [0.15, 0.2) is 11.5 Å². The molecule has 4 nitrogen and oxygen atoms in total. The average molecular weight is 553 g/mol. The summed E-state index contributed by atoms with van der Waals surface area (Å²) in [6.45, 7) is -0.153. The molecule has 1 unspecified atom stereocenters. The minimum atomic E-state index is -4.95. The van der Waals surface area contributed by atoms with Crippen molar-refractivity contribution in [2.75, 3.05) is 25.1 Å². The van der Waals surface area contributed by atoms with Crippen LogP contribution in [0.15, 0.2) is 42.5 Å². The molecule has 4 rings (SSSR count). The Morgan fingerprint density at radius 1 is 1.14 bits per heavy atom. The van der Waals surface area contributed by atoms with E-state index in [0.717, 1.165) is 18.2 Å². The van der Waals surface area contributed by atoms with Gasteiger partial charge >= 0.3 is 6.18 Å². The molecule has 0 bridgehead atoms. The molecule has 1 amide bonds. The fraction of sp³-hybridized carbons (Fsp3) is 0.348. The first kappa shape index (κ1) is 26.1. The van der Waals surface area contributed by atoms with Crippen LogP contribution in [0.25, 0.3) is 5.70 Å². The number of hydrogen-bond donors (Lipinski definition) is 1. The zero-order valence-electron chi connectivity index (χ0n) is 18.2. The number of nitrogens with zero attached hydrogens (tertiary/aromatic N) is 1. The third-order valence-corrected chi connectivity index (χ3v) is 7.13. The van der Waals surface area contributed by atoms with Crippen LogP contribution in [0.3, 0.4) is 0 Å². The van der Waals surface area contributed by atoms with Crippen molar-refractivity contribution in [3.05, 3.63) is 75.0 Å². The van der Waals surface area contributed by atoms with Crippen LogP contribution in [0.2, 0.25) is 10.0 Å². The van der Waals surface area contributed by atoms with Gasteiger partial charge in [0.05, 0.1) is 28.8 Å². The molecule has 2 aromatic carbocycles. The number of rotatable bonds is 6. The fourth-order valence-corrected chi connectivity index (χ4v) is 4.83. The highest BCUT2D eigenvalue weighted by atomic mass is 35.5. The minimum absolute atomic E-state index is 0.0270. The molecule has 0 spiro atoms. The van der Waals surface area contributed by atoms with Crippen LogP contribution in [0, 0.1) is 5.82 Å². The first-order valence-electron chi connectivity index (χ1n) is 10.4. The number of alkyl halides is 4. The molecule has 12 heteroatoms. The van der Waals surface area contributed by atoms with Crippen LogP contribution in [0.5, 0.6) is 0 Å². The Labute approximate surface area is 212 Å². The summed E-state index contributed by atoms with van der Waals surface area (Å²) in [6, 6.07) is 7.43. The topological polar surface area (TPSA) is 41.6 Å². The van der Waals surface area contributed by atoms with Crippen LogP contribution in [-0.4, -0.2) is 42.1 Å². The molecular formula is C23H19Cl2F5N2O2S. The van der Waals surface area contributed by atoms with Gasteiger partial charge in [0.1, 0.15) is 0 Å². The smallest absolute Gasteiger partial charge is 0.335 e. The second-order valence-electron chi connectivity index (χ2n) is 8.28. The van der Waals surface area contributed by atoms with E-state index in [1.165, 1.54) is 40.9 Å². The molecule has 0 saturated carbocycles. The first-order valence-corrected chi connectivity index (χ1v) is 12.5. The van der Waals surface area contributed by atoms with Gasteiger partial charge in [0, 0.05) is 17.7 Å². The van der Waals surface area contributed by atoms with Gasteiger partial charge in [-0.1, -0.05) is 47.5 Å². The van der Waals surface area contributed by atoms with Crippen LogP contribution >= 0.6 is 35.0 Å². The van der Waals surface area contributed by atoms with E-state index >= 15 is 4.39 Å². The lowest BCUT2D eigenvalue weighted by Crippen LogP contribution is -2.58. The quantitative estimate of drug-likeness (QED) is 0.341. The van der Waals surface area contributed by atoms with Crippen LogP contribution in [-0.2, 0) is 20.9 Å². The Balaban J connectivity index is 1.57. The van der Waals surface area contributed by atoms with Crippen LogP contribution in [0.1, 0.15) is 23.1 Å². The van der Waals surface area contributed by atoms with Crippen molar-refractivity contribution in [3.8, 4) is 0 Å². The van der Waals surface area contributed by atoms with Crippen molar-refractivity contribution >= 4 is 46.6 Å². The average Bonchev–Trinajstić information content (AvgIpc) is 3.26. The number of nitrogens with one attached hydrogen (secondary N) is 1. The second-order valence-corrected chi connectivity index (χ2v) is 10.1. The molecule has 0 aliphatic carbocycles. The van der Waals surface area contributed by atoms with E-state index < -0.39 is 38.9 Å². The van der Waals surface area contributed by atoms with Gasteiger partial charge in [-0.3, -0.25) is 15.1 Å². The summed E-state index contributed by atoms with van der Waals surface area (Å²) >= 11 is 13.0. The number of carbonyl (C=O) groups is 1. The van der Waals surface area contributed by atoms with E-state index in [1.54, 1.807) is 0 Å². The Hall–Kier alpha value is -2.01. The summed E-state index contributed by atoms with van der Waals surface area (Å²) in [4.78, 5) is 18.5.